The molecule has 0 aromatic carbocycles. The second kappa shape index (κ2) is 4.72. The first kappa shape index (κ1) is 10.7. The predicted molar refractivity (Wildman–Crippen MR) is 55.5 cm³/mol. The van der Waals surface area contributed by atoms with Gasteiger partial charge in [0.15, 0.2) is 0 Å². The minimum absolute atomic E-state index is 0.450. The topological polar surface area (TPSA) is 50.2 Å². The van der Waals surface area contributed by atoms with E-state index in [1.165, 1.54) is 4.88 Å². The van der Waals surface area contributed by atoms with Crippen molar-refractivity contribution in [2.24, 2.45) is 0 Å². The van der Waals surface area contributed by atoms with Crippen molar-refractivity contribution in [1.29, 1.82) is 0 Å². The van der Waals surface area contributed by atoms with E-state index in [2.05, 4.69) is 20.9 Å². The van der Waals surface area contributed by atoms with E-state index in [1.807, 2.05) is 6.92 Å². The number of carboxylic acids is 1. The summed E-state index contributed by atoms with van der Waals surface area (Å²) in [5.41, 5.74) is 2.80. The predicted octanol–water partition coefficient (Wildman–Crippen LogP) is 2.23. The van der Waals surface area contributed by atoms with Crippen LogP contribution in [-0.4, -0.2) is 20.9 Å². The molecule has 1 aromatic heterocycles. The smallest absolute Gasteiger partial charge is 0.317 e. The molecule has 1 heterocycles. The first-order valence-corrected chi connectivity index (χ1v) is 5.66. The van der Waals surface area contributed by atoms with Crippen LogP contribution < -0.4 is 0 Å². The molecule has 0 amide bonds. The molecule has 3 nitrogen and oxygen atoms in total. The van der Waals surface area contributed by atoms with Gasteiger partial charge in [-0.1, -0.05) is 15.9 Å². The zero-order chi connectivity index (χ0) is 9.84. The molecule has 1 aromatic rings. The van der Waals surface area contributed by atoms with Gasteiger partial charge in [-0.15, -0.1) is 11.3 Å². The molecule has 0 bridgehead atoms. The molecule has 0 spiro atoms. The van der Waals surface area contributed by atoms with Gasteiger partial charge in [-0.25, -0.2) is 4.98 Å². The lowest BCUT2D eigenvalue weighted by atomic mass is 10.2. The fourth-order valence-electron chi connectivity index (χ4n) is 0.947. The summed E-state index contributed by atoms with van der Waals surface area (Å²) in [6.07, 6.45) is 1.39. The average molecular weight is 264 g/mol. The zero-order valence-corrected chi connectivity index (χ0v) is 9.56. The van der Waals surface area contributed by atoms with Crippen LogP contribution in [0.25, 0.3) is 0 Å². The number of nitrogens with zero attached hydrogens (tertiary/aromatic N) is 1. The molecule has 0 fully saturated rings. The number of hydrogen-bond acceptors (Lipinski definition) is 3. The van der Waals surface area contributed by atoms with E-state index in [-0.39, 0.29) is 0 Å². The standard InChI is InChI=1S/C8H10BrNO2S/c1-5-7(13-4-10-5)3-2-6(9)8(11)12/h4,6H,2-3H2,1H3,(H,11,12). The number of aromatic nitrogens is 1. The van der Waals surface area contributed by atoms with Crippen LogP contribution in [-0.2, 0) is 11.2 Å². The maximum atomic E-state index is 10.5. The van der Waals surface area contributed by atoms with Crippen molar-refractivity contribution in [2.45, 2.75) is 24.6 Å². The van der Waals surface area contributed by atoms with Gasteiger partial charge >= 0.3 is 5.97 Å². The van der Waals surface area contributed by atoms with Crippen molar-refractivity contribution in [3.8, 4) is 0 Å². The summed E-state index contributed by atoms with van der Waals surface area (Å²) in [6, 6.07) is 0. The fraction of sp³-hybridized carbons (Fsp3) is 0.500. The Balaban J connectivity index is 2.44. The summed E-state index contributed by atoms with van der Waals surface area (Å²) < 4.78 is 0. The number of carbonyl (C=O) groups is 1. The molecule has 0 aliphatic carbocycles. The number of aliphatic carboxylic acids is 1. The third kappa shape index (κ3) is 3.08. The normalized spacial score (nSPS) is 12.8. The average Bonchev–Trinajstić information content (AvgIpc) is 2.47. The Morgan fingerprint density at radius 2 is 2.54 bits per heavy atom. The number of halogens is 1. The van der Waals surface area contributed by atoms with E-state index >= 15 is 0 Å². The Kier molecular flexibility index (Phi) is 3.87. The van der Waals surface area contributed by atoms with E-state index in [4.69, 9.17) is 5.11 Å². The summed E-state index contributed by atoms with van der Waals surface area (Å²) in [6.45, 7) is 1.94. The van der Waals surface area contributed by atoms with Crippen molar-refractivity contribution in [1.82, 2.24) is 4.98 Å². The van der Waals surface area contributed by atoms with Gasteiger partial charge in [-0.3, -0.25) is 4.79 Å². The number of carboxylic acid groups (broad SMARTS) is 1. The van der Waals surface area contributed by atoms with E-state index in [0.29, 0.717) is 6.42 Å². The van der Waals surface area contributed by atoms with E-state index in [9.17, 15) is 4.79 Å². The lowest BCUT2D eigenvalue weighted by molar-refractivity contribution is -0.136. The third-order valence-electron chi connectivity index (χ3n) is 1.74. The fourth-order valence-corrected chi connectivity index (χ4v) is 1.97. The molecule has 72 valence electrons. The molecule has 1 N–H and O–H groups in total. The van der Waals surface area contributed by atoms with Gasteiger partial charge in [0.2, 0.25) is 0 Å². The van der Waals surface area contributed by atoms with Crippen LogP contribution in [0.1, 0.15) is 17.0 Å². The molecule has 0 aliphatic rings. The molecule has 0 aliphatic heterocycles. The van der Waals surface area contributed by atoms with E-state index in [1.54, 1.807) is 16.8 Å². The number of aryl methyl sites for hydroxylation is 2. The van der Waals surface area contributed by atoms with Crippen molar-refractivity contribution in [2.75, 3.05) is 0 Å². The highest BCUT2D eigenvalue weighted by Gasteiger charge is 2.13. The van der Waals surface area contributed by atoms with Crippen LogP contribution in [0.15, 0.2) is 5.51 Å². The Hall–Kier alpha value is -0.420. The molecule has 13 heavy (non-hydrogen) atoms. The highest BCUT2D eigenvalue weighted by atomic mass is 79.9. The highest BCUT2D eigenvalue weighted by molar-refractivity contribution is 9.10. The van der Waals surface area contributed by atoms with Crippen LogP contribution in [0.3, 0.4) is 0 Å². The molecule has 5 heteroatoms. The summed E-state index contributed by atoms with van der Waals surface area (Å²) in [5, 5.41) is 8.62. The van der Waals surface area contributed by atoms with Crippen molar-refractivity contribution in [3.05, 3.63) is 16.1 Å². The van der Waals surface area contributed by atoms with Crippen molar-refractivity contribution >= 4 is 33.2 Å². The number of thiazole rings is 1. The van der Waals surface area contributed by atoms with Gasteiger partial charge in [0.05, 0.1) is 11.2 Å². The molecule has 0 radical (unpaired) electrons. The molecular weight excluding hydrogens is 254 g/mol. The number of alkyl halides is 1. The number of hydrogen-bond donors (Lipinski definition) is 1. The lowest BCUT2D eigenvalue weighted by Gasteiger charge is -2.02. The van der Waals surface area contributed by atoms with E-state index in [0.717, 1.165) is 12.1 Å². The SMILES string of the molecule is Cc1ncsc1CCC(Br)C(=O)O. The maximum Gasteiger partial charge on any atom is 0.317 e. The first-order chi connectivity index (χ1) is 6.11. The van der Waals surface area contributed by atoms with Crippen LogP contribution in [0.5, 0.6) is 0 Å². The van der Waals surface area contributed by atoms with Gasteiger partial charge < -0.3 is 5.11 Å². The quantitative estimate of drug-likeness (QED) is 0.848. The Bertz CT molecular complexity index is 300. The first-order valence-electron chi connectivity index (χ1n) is 3.87. The summed E-state index contributed by atoms with van der Waals surface area (Å²) in [4.78, 5) is 15.3. The molecule has 0 saturated heterocycles. The third-order valence-corrected chi connectivity index (χ3v) is 3.58. The summed E-state index contributed by atoms with van der Waals surface area (Å²) >= 11 is 4.68. The Labute approximate surface area is 88.9 Å². The van der Waals surface area contributed by atoms with Gasteiger partial charge in [0.25, 0.3) is 0 Å². The van der Waals surface area contributed by atoms with Crippen molar-refractivity contribution in [3.63, 3.8) is 0 Å². The second-order valence-corrected chi connectivity index (χ2v) is 4.75. The van der Waals surface area contributed by atoms with Gasteiger partial charge in [-0.05, 0) is 19.8 Å². The zero-order valence-electron chi connectivity index (χ0n) is 7.16. The highest BCUT2D eigenvalue weighted by Crippen LogP contribution is 2.17. The summed E-state index contributed by atoms with van der Waals surface area (Å²) in [7, 11) is 0. The lowest BCUT2D eigenvalue weighted by Crippen LogP contribution is -2.13. The molecule has 0 saturated carbocycles. The number of rotatable bonds is 4. The van der Waals surface area contributed by atoms with Crippen LogP contribution >= 0.6 is 27.3 Å². The maximum absolute atomic E-state index is 10.5. The molecular formula is C8H10BrNO2S. The van der Waals surface area contributed by atoms with Gasteiger partial charge in [0, 0.05) is 4.88 Å². The minimum Gasteiger partial charge on any atom is -0.480 e. The van der Waals surface area contributed by atoms with Crippen LogP contribution in [0.2, 0.25) is 0 Å². The van der Waals surface area contributed by atoms with E-state index < -0.39 is 10.8 Å². The monoisotopic (exact) mass is 263 g/mol. The van der Waals surface area contributed by atoms with Gasteiger partial charge in [0.1, 0.15) is 4.83 Å². The summed E-state index contributed by atoms with van der Waals surface area (Å²) in [5.74, 6) is -0.804. The van der Waals surface area contributed by atoms with Gasteiger partial charge in [-0.2, -0.15) is 0 Å². The molecule has 1 rings (SSSR count). The Morgan fingerprint density at radius 3 is 3.00 bits per heavy atom. The largest absolute Gasteiger partial charge is 0.480 e. The van der Waals surface area contributed by atoms with Crippen molar-refractivity contribution < 1.29 is 9.90 Å². The minimum atomic E-state index is -0.804. The van der Waals surface area contributed by atoms with Crippen LogP contribution in [0, 0.1) is 6.92 Å². The molecule has 1 atom stereocenters. The van der Waals surface area contributed by atoms with Crippen LogP contribution in [0.4, 0.5) is 0 Å². The Morgan fingerprint density at radius 1 is 1.85 bits per heavy atom. The second-order valence-electron chi connectivity index (χ2n) is 2.71. The molecule has 1 unspecified atom stereocenters.